The van der Waals surface area contributed by atoms with Gasteiger partial charge in [0.15, 0.2) is 0 Å². The molecule has 0 saturated heterocycles. The first-order valence-corrected chi connectivity index (χ1v) is 7.04. The molecule has 0 radical (unpaired) electrons. The Bertz CT molecular complexity index is 121. The van der Waals surface area contributed by atoms with Crippen molar-refractivity contribution in [1.29, 1.82) is 0 Å². The lowest BCUT2D eigenvalue weighted by Crippen LogP contribution is -2.12. The fourth-order valence-electron chi connectivity index (χ4n) is 1.92. The van der Waals surface area contributed by atoms with Crippen molar-refractivity contribution in [2.75, 3.05) is 20.2 Å². The van der Waals surface area contributed by atoms with Crippen LogP contribution < -0.4 is 11.0 Å². The molecule has 0 heterocycles. The van der Waals surface area contributed by atoms with Crippen LogP contribution in [0.1, 0.15) is 64.2 Å². The normalized spacial score (nSPS) is 10.9. The Hall–Kier alpha value is -0.160. The first-order chi connectivity index (χ1) is 8.41. The standard InChI is InChI=1S/C13H30N2O2/c1-17-15-13-11-9-7-5-3-2-4-6-8-10-12-14-16/h14-16H,2-13H2,1H3. The van der Waals surface area contributed by atoms with Gasteiger partial charge in [0.25, 0.3) is 0 Å². The van der Waals surface area contributed by atoms with Crippen LogP contribution in [0.3, 0.4) is 0 Å². The van der Waals surface area contributed by atoms with Crippen molar-refractivity contribution in [1.82, 2.24) is 11.0 Å². The maximum absolute atomic E-state index is 8.38. The van der Waals surface area contributed by atoms with Gasteiger partial charge in [-0.2, -0.15) is 0 Å². The first-order valence-electron chi connectivity index (χ1n) is 7.04. The van der Waals surface area contributed by atoms with Crippen LogP contribution in [0.2, 0.25) is 0 Å². The van der Waals surface area contributed by atoms with Gasteiger partial charge < -0.3 is 10.0 Å². The van der Waals surface area contributed by atoms with E-state index in [1.54, 1.807) is 7.11 Å². The molecule has 0 aliphatic carbocycles. The SMILES string of the molecule is CONCCCCCCCCCCCCNO. The summed E-state index contributed by atoms with van der Waals surface area (Å²) in [4.78, 5) is 4.77. The summed E-state index contributed by atoms with van der Waals surface area (Å²) in [5.74, 6) is 0. The van der Waals surface area contributed by atoms with Crippen LogP contribution >= 0.6 is 0 Å². The van der Waals surface area contributed by atoms with Gasteiger partial charge in [0.05, 0.1) is 7.11 Å². The fraction of sp³-hybridized carbons (Fsp3) is 1.00. The second-order valence-corrected chi connectivity index (χ2v) is 4.54. The monoisotopic (exact) mass is 246 g/mol. The van der Waals surface area contributed by atoms with Crippen molar-refractivity contribution in [2.24, 2.45) is 0 Å². The highest BCUT2D eigenvalue weighted by molar-refractivity contribution is 4.48. The molecule has 104 valence electrons. The summed E-state index contributed by atoms with van der Waals surface area (Å²) in [6, 6.07) is 0. The number of nitrogens with one attached hydrogen (secondary N) is 2. The van der Waals surface area contributed by atoms with E-state index in [9.17, 15) is 0 Å². The molecular formula is C13H30N2O2. The summed E-state index contributed by atoms with van der Waals surface area (Å²) >= 11 is 0. The van der Waals surface area contributed by atoms with Gasteiger partial charge in [-0.15, -0.1) is 0 Å². The molecule has 0 bridgehead atoms. The Morgan fingerprint density at radius 3 is 1.53 bits per heavy atom. The fourth-order valence-corrected chi connectivity index (χ4v) is 1.92. The molecule has 3 N–H and O–H groups in total. The van der Waals surface area contributed by atoms with Crippen molar-refractivity contribution in [2.45, 2.75) is 64.2 Å². The minimum Gasteiger partial charge on any atom is -0.317 e. The van der Waals surface area contributed by atoms with Crippen molar-refractivity contribution in [3.05, 3.63) is 0 Å². The van der Waals surface area contributed by atoms with E-state index in [1.165, 1.54) is 57.8 Å². The zero-order valence-corrected chi connectivity index (χ0v) is 11.3. The second kappa shape index (κ2) is 15.8. The van der Waals surface area contributed by atoms with E-state index in [0.29, 0.717) is 0 Å². The van der Waals surface area contributed by atoms with Gasteiger partial charge in [-0.1, -0.05) is 51.4 Å². The largest absolute Gasteiger partial charge is 0.317 e. The lowest BCUT2D eigenvalue weighted by Gasteiger charge is -2.03. The third-order valence-corrected chi connectivity index (χ3v) is 2.96. The van der Waals surface area contributed by atoms with Gasteiger partial charge in [0, 0.05) is 13.1 Å². The third kappa shape index (κ3) is 15.8. The maximum Gasteiger partial charge on any atom is 0.0572 e. The van der Waals surface area contributed by atoms with Crippen molar-refractivity contribution < 1.29 is 10.0 Å². The summed E-state index contributed by atoms with van der Waals surface area (Å²) in [5, 5.41) is 8.38. The van der Waals surface area contributed by atoms with Crippen molar-refractivity contribution >= 4 is 0 Å². The molecule has 0 aromatic rings. The number of hydrogen-bond acceptors (Lipinski definition) is 4. The summed E-state index contributed by atoms with van der Waals surface area (Å²) in [6.07, 6.45) is 12.9. The van der Waals surface area contributed by atoms with E-state index in [1.807, 2.05) is 0 Å². The first kappa shape index (κ1) is 16.8. The molecule has 17 heavy (non-hydrogen) atoms. The average molecular weight is 246 g/mol. The van der Waals surface area contributed by atoms with Crippen LogP contribution in [0.4, 0.5) is 0 Å². The Morgan fingerprint density at radius 1 is 0.706 bits per heavy atom. The van der Waals surface area contributed by atoms with Crippen LogP contribution in [-0.2, 0) is 4.84 Å². The molecule has 0 unspecified atom stereocenters. The minimum atomic E-state index is 0.732. The van der Waals surface area contributed by atoms with Gasteiger partial charge >= 0.3 is 0 Å². The lowest BCUT2D eigenvalue weighted by atomic mass is 10.1. The van der Waals surface area contributed by atoms with E-state index >= 15 is 0 Å². The van der Waals surface area contributed by atoms with Crippen molar-refractivity contribution in [3.8, 4) is 0 Å². The van der Waals surface area contributed by atoms with Crippen LogP contribution in [0.15, 0.2) is 0 Å². The smallest absolute Gasteiger partial charge is 0.0572 e. The molecule has 0 spiro atoms. The van der Waals surface area contributed by atoms with Gasteiger partial charge in [0.1, 0.15) is 0 Å². The number of hydroxylamine groups is 2. The zero-order chi connectivity index (χ0) is 12.6. The predicted octanol–water partition coefficient (Wildman–Crippen LogP) is 3.02. The van der Waals surface area contributed by atoms with E-state index in [2.05, 4.69) is 11.0 Å². The summed E-state index contributed by atoms with van der Waals surface area (Å²) in [6.45, 7) is 1.70. The summed E-state index contributed by atoms with van der Waals surface area (Å²) in [7, 11) is 1.66. The second-order valence-electron chi connectivity index (χ2n) is 4.54. The number of rotatable bonds is 14. The number of hydrogen-bond donors (Lipinski definition) is 3. The van der Waals surface area contributed by atoms with Crippen LogP contribution in [-0.4, -0.2) is 25.4 Å². The average Bonchev–Trinajstić information content (AvgIpc) is 2.35. The topological polar surface area (TPSA) is 53.5 Å². The van der Waals surface area contributed by atoms with Crippen LogP contribution in [0.25, 0.3) is 0 Å². The molecule has 0 aliphatic heterocycles. The highest BCUT2D eigenvalue weighted by Crippen LogP contribution is 2.10. The molecule has 0 atom stereocenters. The quantitative estimate of drug-likeness (QED) is 0.326. The summed E-state index contributed by atoms with van der Waals surface area (Å²) in [5.41, 5.74) is 5.05. The lowest BCUT2D eigenvalue weighted by molar-refractivity contribution is 0.0904. The molecule has 4 nitrogen and oxygen atoms in total. The highest BCUT2D eigenvalue weighted by Gasteiger charge is 1.93. The molecule has 0 amide bonds. The molecule has 0 aromatic heterocycles. The minimum absolute atomic E-state index is 0.732. The molecule has 0 aromatic carbocycles. The Balaban J connectivity index is 2.85. The van der Waals surface area contributed by atoms with Crippen LogP contribution in [0.5, 0.6) is 0 Å². The summed E-state index contributed by atoms with van der Waals surface area (Å²) < 4.78 is 0. The maximum atomic E-state index is 8.38. The Kier molecular flexibility index (Phi) is 15.7. The highest BCUT2D eigenvalue weighted by atomic mass is 16.6. The van der Waals surface area contributed by atoms with Crippen molar-refractivity contribution in [3.63, 3.8) is 0 Å². The van der Waals surface area contributed by atoms with Gasteiger partial charge in [-0.3, -0.25) is 0 Å². The van der Waals surface area contributed by atoms with Gasteiger partial charge in [-0.05, 0) is 12.8 Å². The molecule has 0 fully saturated rings. The van der Waals surface area contributed by atoms with E-state index in [4.69, 9.17) is 10.0 Å². The Morgan fingerprint density at radius 2 is 1.12 bits per heavy atom. The molecule has 0 rings (SSSR count). The van der Waals surface area contributed by atoms with E-state index in [-0.39, 0.29) is 0 Å². The Labute approximate surface area is 106 Å². The van der Waals surface area contributed by atoms with Gasteiger partial charge in [-0.25, -0.2) is 11.0 Å². The third-order valence-electron chi connectivity index (χ3n) is 2.96. The molecule has 0 saturated carbocycles. The van der Waals surface area contributed by atoms with Crippen LogP contribution in [0, 0.1) is 0 Å². The van der Waals surface area contributed by atoms with E-state index < -0.39 is 0 Å². The molecule has 4 heteroatoms. The van der Waals surface area contributed by atoms with Gasteiger partial charge in [0.2, 0.25) is 0 Å². The number of unbranched alkanes of at least 4 members (excludes halogenated alkanes) is 9. The molecule has 0 aliphatic rings. The van der Waals surface area contributed by atoms with E-state index in [0.717, 1.165) is 19.5 Å². The zero-order valence-electron chi connectivity index (χ0n) is 11.3. The molecular weight excluding hydrogens is 216 g/mol. The predicted molar refractivity (Wildman–Crippen MR) is 71.0 cm³/mol.